The highest BCUT2D eigenvalue weighted by Crippen LogP contribution is 2.36. The van der Waals surface area contributed by atoms with E-state index in [9.17, 15) is 4.39 Å². The number of alkyl halides is 1. The van der Waals surface area contributed by atoms with Gasteiger partial charge in [0, 0.05) is 6.42 Å². The Morgan fingerprint density at radius 1 is 0.950 bits per heavy atom. The Bertz CT molecular complexity index is 615. The summed E-state index contributed by atoms with van der Waals surface area (Å²) in [5.41, 5.74) is 1.59. The Kier molecular flexibility index (Phi) is 3.79. The number of rotatable bonds is 2. The fraction of sp³-hybridized carbons (Fsp3) is 0.250. The van der Waals surface area contributed by atoms with Gasteiger partial charge < -0.3 is 9.47 Å². The van der Waals surface area contributed by atoms with Crippen molar-refractivity contribution in [3.8, 4) is 11.5 Å². The van der Waals surface area contributed by atoms with Crippen molar-refractivity contribution in [1.82, 2.24) is 0 Å². The molecule has 104 valence electrons. The molecule has 3 rings (SSSR count). The standard InChI is InChI=1S/C16H14ClFO2/c17-16(11-3-1-4-13(18)9-11)12-5-6-14-15(10-12)20-8-2-7-19-14/h1,3-6,9-10,16H,2,7-8H2. The van der Waals surface area contributed by atoms with Crippen LogP contribution >= 0.6 is 11.6 Å². The third-order valence-electron chi connectivity index (χ3n) is 3.21. The summed E-state index contributed by atoms with van der Waals surface area (Å²) in [4.78, 5) is 0. The van der Waals surface area contributed by atoms with Gasteiger partial charge in [-0.25, -0.2) is 4.39 Å². The van der Waals surface area contributed by atoms with Crippen molar-refractivity contribution in [3.05, 3.63) is 59.4 Å². The lowest BCUT2D eigenvalue weighted by Crippen LogP contribution is -1.98. The minimum atomic E-state index is -0.414. The van der Waals surface area contributed by atoms with Crippen molar-refractivity contribution < 1.29 is 13.9 Å². The van der Waals surface area contributed by atoms with Gasteiger partial charge in [-0.05, 0) is 35.4 Å². The SMILES string of the molecule is Fc1cccc(C(Cl)c2ccc3c(c2)OCCCO3)c1. The molecule has 20 heavy (non-hydrogen) atoms. The number of halogens is 2. The molecule has 1 heterocycles. The molecule has 0 spiro atoms. The summed E-state index contributed by atoms with van der Waals surface area (Å²) in [5, 5.41) is -0.414. The molecular weight excluding hydrogens is 279 g/mol. The average Bonchev–Trinajstić information content (AvgIpc) is 2.71. The molecule has 2 nitrogen and oxygen atoms in total. The second-order valence-electron chi connectivity index (χ2n) is 4.67. The highest BCUT2D eigenvalue weighted by molar-refractivity contribution is 6.22. The van der Waals surface area contributed by atoms with Gasteiger partial charge in [-0.15, -0.1) is 11.6 Å². The monoisotopic (exact) mass is 292 g/mol. The summed E-state index contributed by atoms with van der Waals surface area (Å²) >= 11 is 6.42. The predicted molar refractivity (Wildman–Crippen MR) is 76.1 cm³/mol. The van der Waals surface area contributed by atoms with Crippen LogP contribution in [0.5, 0.6) is 11.5 Å². The third kappa shape index (κ3) is 2.73. The van der Waals surface area contributed by atoms with Gasteiger partial charge in [0.15, 0.2) is 11.5 Å². The predicted octanol–water partition coefficient (Wildman–Crippen LogP) is 4.32. The lowest BCUT2D eigenvalue weighted by atomic mass is 10.0. The zero-order chi connectivity index (χ0) is 13.9. The van der Waals surface area contributed by atoms with Crippen molar-refractivity contribution in [1.29, 1.82) is 0 Å². The lowest BCUT2D eigenvalue weighted by molar-refractivity contribution is 0.297. The summed E-state index contributed by atoms with van der Waals surface area (Å²) in [7, 11) is 0. The van der Waals surface area contributed by atoms with E-state index in [-0.39, 0.29) is 5.82 Å². The Labute approximate surface area is 122 Å². The molecule has 0 aliphatic carbocycles. The van der Waals surface area contributed by atoms with Crippen LogP contribution in [0.25, 0.3) is 0 Å². The Morgan fingerprint density at radius 2 is 1.70 bits per heavy atom. The van der Waals surface area contributed by atoms with E-state index in [1.807, 2.05) is 24.3 Å². The molecule has 4 heteroatoms. The summed E-state index contributed by atoms with van der Waals surface area (Å²) in [6.45, 7) is 1.28. The van der Waals surface area contributed by atoms with E-state index in [4.69, 9.17) is 21.1 Å². The summed E-state index contributed by atoms with van der Waals surface area (Å²) < 4.78 is 24.5. The maximum Gasteiger partial charge on any atom is 0.161 e. The van der Waals surface area contributed by atoms with Crippen molar-refractivity contribution in [2.45, 2.75) is 11.8 Å². The van der Waals surface area contributed by atoms with E-state index < -0.39 is 5.38 Å². The molecule has 0 aromatic heterocycles. The van der Waals surface area contributed by atoms with Gasteiger partial charge in [0.2, 0.25) is 0 Å². The normalized spacial score (nSPS) is 15.5. The van der Waals surface area contributed by atoms with Crippen molar-refractivity contribution in [3.63, 3.8) is 0 Å². The molecule has 1 aliphatic heterocycles. The van der Waals surface area contributed by atoms with Gasteiger partial charge in [0.1, 0.15) is 5.82 Å². The molecular formula is C16H14ClFO2. The van der Waals surface area contributed by atoms with Crippen LogP contribution < -0.4 is 9.47 Å². The third-order valence-corrected chi connectivity index (χ3v) is 3.71. The molecule has 0 saturated heterocycles. The largest absolute Gasteiger partial charge is 0.490 e. The molecule has 1 unspecified atom stereocenters. The topological polar surface area (TPSA) is 18.5 Å². The highest BCUT2D eigenvalue weighted by Gasteiger charge is 2.16. The molecule has 2 aromatic carbocycles. The summed E-state index contributed by atoms with van der Waals surface area (Å²) in [6.07, 6.45) is 0.859. The van der Waals surface area contributed by atoms with E-state index in [1.165, 1.54) is 12.1 Å². The molecule has 0 fully saturated rings. The zero-order valence-corrected chi connectivity index (χ0v) is 11.6. The minimum absolute atomic E-state index is 0.289. The first-order chi connectivity index (χ1) is 9.74. The van der Waals surface area contributed by atoms with Crippen LogP contribution in [0.4, 0.5) is 4.39 Å². The van der Waals surface area contributed by atoms with Crippen molar-refractivity contribution in [2.75, 3.05) is 13.2 Å². The molecule has 0 N–H and O–H groups in total. The van der Waals surface area contributed by atoms with Crippen LogP contribution in [-0.4, -0.2) is 13.2 Å². The minimum Gasteiger partial charge on any atom is -0.490 e. The van der Waals surface area contributed by atoms with Gasteiger partial charge in [-0.1, -0.05) is 18.2 Å². The van der Waals surface area contributed by atoms with Crippen molar-refractivity contribution >= 4 is 11.6 Å². The van der Waals surface area contributed by atoms with Crippen LogP contribution in [0, 0.1) is 5.82 Å². The van der Waals surface area contributed by atoms with Crippen LogP contribution in [-0.2, 0) is 0 Å². The van der Waals surface area contributed by atoms with Gasteiger partial charge in [0.25, 0.3) is 0 Å². The first kappa shape index (κ1) is 13.3. The Morgan fingerprint density at radius 3 is 2.50 bits per heavy atom. The maximum absolute atomic E-state index is 13.3. The number of hydrogen-bond donors (Lipinski definition) is 0. The molecule has 0 bridgehead atoms. The molecule has 1 atom stereocenters. The Hall–Kier alpha value is -1.74. The number of hydrogen-bond acceptors (Lipinski definition) is 2. The van der Waals surface area contributed by atoms with Crippen LogP contribution in [0.3, 0.4) is 0 Å². The van der Waals surface area contributed by atoms with Gasteiger partial charge >= 0.3 is 0 Å². The first-order valence-electron chi connectivity index (χ1n) is 6.53. The Balaban J connectivity index is 1.92. The average molecular weight is 293 g/mol. The molecule has 0 amide bonds. The first-order valence-corrected chi connectivity index (χ1v) is 6.97. The fourth-order valence-electron chi connectivity index (χ4n) is 2.19. The van der Waals surface area contributed by atoms with E-state index >= 15 is 0 Å². The maximum atomic E-state index is 13.3. The quantitative estimate of drug-likeness (QED) is 0.768. The van der Waals surface area contributed by atoms with Gasteiger partial charge in [0.05, 0.1) is 18.6 Å². The number of ether oxygens (including phenoxy) is 2. The number of fused-ring (bicyclic) bond motifs is 1. The van der Waals surface area contributed by atoms with E-state index in [0.29, 0.717) is 19.0 Å². The van der Waals surface area contributed by atoms with Crippen LogP contribution in [0.2, 0.25) is 0 Å². The van der Waals surface area contributed by atoms with E-state index in [2.05, 4.69) is 0 Å². The second-order valence-corrected chi connectivity index (χ2v) is 5.11. The van der Waals surface area contributed by atoms with E-state index in [1.54, 1.807) is 6.07 Å². The molecule has 1 aliphatic rings. The zero-order valence-electron chi connectivity index (χ0n) is 10.8. The van der Waals surface area contributed by atoms with Crippen LogP contribution in [0.1, 0.15) is 22.9 Å². The second kappa shape index (κ2) is 5.71. The number of benzene rings is 2. The lowest BCUT2D eigenvalue weighted by Gasteiger charge is -2.13. The van der Waals surface area contributed by atoms with Gasteiger partial charge in [-0.2, -0.15) is 0 Å². The van der Waals surface area contributed by atoms with Crippen molar-refractivity contribution in [2.24, 2.45) is 0 Å². The molecule has 0 radical (unpaired) electrons. The smallest absolute Gasteiger partial charge is 0.161 e. The summed E-state index contributed by atoms with van der Waals surface area (Å²) in [5.74, 6) is 1.14. The van der Waals surface area contributed by atoms with E-state index in [0.717, 1.165) is 23.3 Å². The molecule has 2 aromatic rings. The van der Waals surface area contributed by atoms with Gasteiger partial charge in [-0.3, -0.25) is 0 Å². The van der Waals surface area contributed by atoms with Crippen LogP contribution in [0.15, 0.2) is 42.5 Å². The fourth-order valence-corrected chi connectivity index (χ4v) is 2.47. The highest BCUT2D eigenvalue weighted by atomic mass is 35.5. The molecule has 0 saturated carbocycles. The summed E-state index contributed by atoms with van der Waals surface area (Å²) in [6, 6.07) is 11.9.